The highest BCUT2D eigenvalue weighted by Crippen LogP contribution is 2.13. The molecule has 0 saturated carbocycles. The van der Waals surface area contributed by atoms with Gasteiger partial charge in [-0.3, -0.25) is 0 Å². The van der Waals surface area contributed by atoms with Gasteiger partial charge in [-0.25, -0.2) is 4.79 Å². The predicted molar refractivity (Wildman–Crippen MR) is 45.1 cm³/mol. The van der Waals surface area contributed by atoms with Crippen molar-refractivity contribution >= 4 is 5.97 Å². The Kier molecular flexibility index (Phi) is 4.08. The largest absolute Gasteiger partial charge is 0.479 e. The van der Waals surface area contributed by atoms with E-state index in [0.717, 1.165) is 19.3 Å². The van der Waals surface area contributed by atoms with Gasteiger partial charge >= 0.3 is 5.97 Å². The molecule has 0 aromatic rings. The van der Waals surface area contributed by atoms with Crippen LogP contribution in [0.15, 0.2) is 0 Å². The van der Waals surface area contributed by atoms with Crippen LogP contribution in [0.1, 0.15) is 38.5 Å². The van der Waals surface area contributed by atoms with Crippen LogP contribution in [0.25, 0.3) is 0 Å². The Morgan fingerprint density at radius 3 is 2.58 bits per heavy atom. The summed E-state index contributed by atoms with van der Waals surface area (Å²) in [6.45, 7) is 0.608. The SMILES string of the molecule is O=C(O)C1CCCCCCCO1. The van der Waals surface area contributed by atoms with Crippen molar-refractivity contribution in [2.45, 2.75) is 44.6 Å². The number of carboxylic acids is 1. The highest BCUT2D eigenvalue weighted by atomic mass is 16.5. The number of hydrogen-bond donors (Lipinski definition) is 1. The lowest BCUT2D eigenvalue weighted by Crippen LogP contribution is -2.23. The minimum Gasteiger partial charge on any atom is -0.479 e. The molecule has 1 heterocycles. The summed E-state index contributed by atoms with van der Waals surface area (Å²) in [6, 6.07) is 0. The van der Waals surface area contributed by atoms with Crippen LogP contribution >= 0.6 is 0 Å². The molecule has 1 rings (SSSR count). The van der Waals surface area contributed by atoms with Crippen molar-refractivity contribution in [2.75, 3.05) is 6.61 Å². The molecule has 1 aliphatic heterocycles. The summed E-state index contributed by atoms with van der Waals surface area (Å²) < 4.78 is 5.22. The molecule has 1 fully saturated rings. The van der Waals surface area contributed by atoms with Crippen molar-refractivity contribution in [2.24, 2.45) is 0 Å². The Labute approximate surface area is 72.7 Å². The monoisotopic (exact) mass is 172 g/mol. The van der Waals surface area contributed by atoms with Gasteiger partial charge in [-0.05, 0) is 12.8 Å². The zero-order chi connectivity index (χ0) is 8.81. The number of aliphatic carboxylic acids is 1. The van der Waals surface area contributed by atoms with Gasteiger partial charge in [-0.15, -0.1) is 0 Å². The number of ether oxygens (including phenoxy) is 1. The van der Waals surface area contributed by atoms with Gasteiger partial charge in [0.05, 0.1) is 0 Å². The molecule has 0 amide bonds. The average Bonchev–Trinajstić information content (AvgIpc) is 2.15. The normalized spacial score (nSPS) is 26.8. The van der Waals surface area contributed by atoms with Crippen LogP contribution in [0, 0.1) is 0 Å². The molecule has 3 nitrogen and oxygen atoms in total. The zero-order valence-corrected chi connectivity index (χ0v) is 7.29. The molecule has 0 aliphatic carbocycles. The van der Waals surface area contributed by atoms with Crippen LogP contribution in [0.3, 0.4) is 0 Å². The van der Waals surface area contributed by atoms with E-state index in [1.807, 2.05) is 0 Å². The molecule has 0 bridgehead atoms. The predicted octanol–water partition coefficient (Wildman–Crippen LogP) is 1.81. The average molecular weight is 172 g/mol. The summed E-state index contributed by atoms with van der Waals surface area (Å²) in [5.41, 5.74) is 0. The lowest BCUT2D eigenvalue weighted by molar-refractivity contribution is -0.150. The van der Waals surface area contributed by atoms with E-state index in [1.165, 1.54) is 12.8 Å². The van der Waals surface area contributed by atoms with Gasteiger partial charge in [0.15, 0.2) is 6.10 Å². The first-order valence-corrected chi connectivity index (χ1v) is 4.65. The zero-order valence-electron chi connectivity index (χ0n) is 7.29. The first-order chi connectivity index (χ1) is 5.80. The van der Waals surface area contributed by atoms with Crippen molar-refractivity contribution in [3.63, 3.8) is 0 Å². The summed E-state index contributed by atoms with van der Waals surface area (Å²) >= 11 is 0. The number of rotatable bonds is 1. The van der Waals surface area contributed by atoms with Crippen LogP contribution in [0.5, 0.6) is 0 Å². The fourth-order valence-corrected chi connectivity index (χ4v) is 1.47. The fourth-order valence-electron chi connectivity index (χ4n) is 1.47. The Hall–Kier alpha value is -0.570. The topological polar surface area (TPSA) is 46.5 Å². The van der Waals surface area contributed by atoms with Crippen LogP contribution < -0.4 is 0 Å². The van der Waals surface area contributed by atoms with E-state index in [1.54, 1.807) is 0 Å². The molecule has 0 aromatic heterocycles. The molecule has 12 heavy (non-hydrogen) atoms. The van der Waals surface area contributed by atoms with Gasteiger partial charge in [0.25, 0.3) is 0 Å². The molecule has 0 spiro atoms. The summed E-state index contributed by atoms with van der Waals surface area (Å²) in [5.74, 6) is -0.808. The summed E-state index contributed by atoms with van der Waals surface area (Å²) in [4.78, 5) is 10.6. The van der Waals surface area contributed by atoms with Crippen LogP contribution in [-0.4, -0.2) is 23.8 Å². The molecule has 3 heteroatoms. The maximum atomic E-state index is 10.6. The first-order valence-electron chi connectivity index (χ1n) is 4.65. The third kappa shape index (κ3) is 3.22. The molecule has 70 valence electrons. The van der Waals surface area contributed by atoms with Gasteiger partial charge in [0, 0.05) is 6.61 Å². The quantitative estimate of drug-likeness (QED) is 0.656. The first kappa shape index (κ1) is 9.52. The lowest BCUT2D eigenvalue weighted by atomic mass is 10.1. The van der Waals surface area contributed by atoms with E-state index in [-0.39, 0.29) is 0 Å². The Morgan fingerprint density at radius 1 is 1.17 bits per heavy atom. The maximum absolute atomic E-state index is 10.6. The Bertz CT molecular complexity index is 135. The number of carboxylic acid groups (broad SMARTS) is 1. The van der Waals surface area contributed by atoms with E-state index in [0.29, 0.717) is 13.0 Å². The maximum Gasteiger partial charge on any atom is 0.332 e. The molecular weight excluding hydrogens is 156 g/mol. The second-order valence-corrected chi connectivity index (χ2v) is 3.25. The molecular formula is C9H16O3. The number of carbonyl (C=O) groups is 1. The number of hydrogen-bond acceptors (Lipinski definition) is 2. The van der Waals surface area contributed by atoms with Crippen LogP contribution in [-0.2, 0) is 9.53 Å². The molecule has 0 aromatic carbocycles. The van der Waals surface area contributed by atoms with E-state index >= 15 is 0 Å². The third-order valence-electron chi connectivity index (χ3n) is 2.21. The standard InChI is InChI=1S/C9H16O3/c10-9(11)8-6-4-2-1-3-5-7-12-8/h8H,1-7H2,(H,10,11). The van der Waals surface area contributed by atoms with Crippen molar-refractivity contribution < 1.29 is 14.6 Å². The van der Waals surface area contributed by atoms with Gasteiger partial charge in [-0.2, -0.15) is 0 Å². The van der Waals surface area contributed by atoms with E-state index in [2.05, 4.69) is 0 Å². The molecule has 1 unspecified atom stereocenters. The van der Waals surface area contributed by atoms with Crippen molar-refractivity contribution in [3.8, 4) is 0 Å². The minimum atomic E-state index is -0.808. The molecule has 1 N–H and O–H groups in total. The van der Waals surface area contributed by atoms with E-state index in [9.17, 15) is 4.79 Å². The summed E-state index contributed by atoms with van der Waals surface area (Å²) in [7, 11) is 0. The molecule has 1 aliphatic rings. The van der Waals surface area contributed by atoms with Crippen LogP contribution in [0.2, 0.25) is 0 Å². The van der Waals surface area contributed by atoms with E-state index < -0.39 is 12.1 Å². The van der Waals surface area contributed by atoms with Crippen molar-refractivity contribution in [3.05, 3.63) is 0 Å². The van der Waals surface area contributed by atoms with Gasteiger partial charge in [0.2, 0.25) is 0 Å². The van der Waals surface area contributed by atoms with Gasteiger partial charge < -0.3 is 9.84 Å². The smallest absolute Gasteiger partial charge is 0.332 e. The van der Waals surface area contributed by atoms with Crippen molar-refractivity contribution in [1.82, 2.24) is 0 Å². The molecule has 1 saturated heterocycles. The van der Waals surface area contributed by atoms with Gasteiger partial charge in [0.1, 0.15) is 0 Å². The molecule has 0 radical (unpaired) electrons. The third-order valence-corrected chi connectivity index (χ3v) is 2.21. The highest BCUT2D eigenvalue weighted by molar-refractivity contribution is 5.72. The fraction of sp³-hybridized carbons (Fsp3) is 0.889. The Morgan fingerprint density at radius 2 is 1.83 bits per heavy atom. The van der Waals surface area contributed by atoms with E-state index in [4.69, 9.17) is 9.84 Å². The summed E-state index contributed by atoms with van der Waals surface area (Å²) in [5, 5.41) is 8.72. The highest BCUT2D eigenvalue weighted by Gasteiger charge is 2.17. The Balaban J connectivity index is 2.33. The second-order valence-electron chi connectivity index (χ2n) is 3.25. The minimum absolute atomic E-state index is 0.553. The van der Waals surface area contributed by atoms with Crippen molar-refractivity contribution in [1.29, 1.82) is 0 Å². The second kappa shape index (κ2) is 5.14. The van der Waals surface area contributed by atoms with Crippen LogP contribution in [0.4, 0.5) is 0 Å². The van der Waals surface area contributed by atoms with Gasteiger partial charge in [-0.1, -0.05) is 25.7 Å². The summed E-state index contributed by atoms with van der Waals surface area (Å²) in [6.07, 6.45) is 5.65. The molecule has 1 atom stereocenters. The lowest BCUT2D eigenvalue weighted by Gasteiger charge is -2.10.